The van der Waals surface area contributed by atoms with Gasteiger partial charge in [0.15, 0.2) is 0 Å². The van der Waals surface area contributed by atoms with Gasteiger partial charge in [-0.15, -0.1) is 0 Å². The van der Waals surface area contributed by atoms with Gasteiger partial charge in [0.05, 0.1) is 0 Å². The molecule has 2 aliphatic heterocycles. The van der Waals surface area contributed by atoms with Crippen molar-refractivity contribution in [1.29, 1.82) is 0 Å². The van der Waals surface area contributed by atoms with E-state index in [9.17, 15) is 8.42 Å². The first kappa shape index (κ1) is 16.7. The number of sulfonamides is 1. The van der Waals surface area contributed by atoms with Crippen LogP contribution in [0.2, 0.25) is 0 Å². The molecule has 0 aromatic carbocycles. The molecule has 0 bridgehead atoms. The van der Waals surface area contributed by atoms with Crippen molar-refractivity contribution in [3.05, 3.63) is 18.3 Å². The van der Waals surface area contributed by atoms with E-state index in [0.717, 1.165) is 32.0 Å². The zero-order valence-electron chi connectivity index (χ0n) is 14.0. The molecule has 23 heavy (non-hydrogen) atoms. The number of hydrogen-bond acceptors (Lipinski definition) is 5. The molecule has 128 valence electrons. The molecule has 1 aromatic heterocycles. The number of likely N-dealkylation sites (N-methyl/N-ethyl adjacent to an activating group) is 1. The molecule has 1 unspecified atom stereocenters. The van der Waals surface area contributed by atoms with Gasteiger partial charge in [-0.1, -0.05) is 6.92 Å². The van der Waals surface area contributed by atoms with Crippen molar-refractivity contribution in [1.82, 2.24) is 14.2 Å². The SMILES string of the molecule is CC1CCCN(c2ccc(S(=O)(=O)N3CCN(C)CC3)cn2)C1. The highest BCUT2D eigenvalue weighted by atomic mass is 32.2. The normalized spacial score (nSPS) is 24.8. The lowest BCUT2D eigenvalue weighted by molar-refractivity contribution is 0.222. The molecular weight excluding hydrogens is 312 g/mol. The van der Waals surface area contributed by atoms with Crippen LogP contribution < -0.4 is 4.90 Å². The summed E-state index contributed by atoms with van der Waals surface area (Å²) in [4.78, 5) is 9.12. The minimum atomic E-state index is -3.42. The molecule has 0 N–H and O–H groups in total. The molecule has 1 aromatic rings. The fourth-order valence-electron chi connectivity index (χ4n) is 3.29. The van der Waals surface area contributed by atoms with Gasteiger partial charge in [-0.25, -0.2) is 13.4 Å². The van der Waals surface area contributed by atoms with Crippen LogP contribution in [-0.2, 0) is 10.0 Å². The van der Waals surface area contributed by atoms with Gasteiger partial charge in [0, 0.05) is 45.5 Å². The van der Waals surface area contributed by atoms with E-state index in [4.69, 9.17) is 0 Å². The van der Waals surface area contributed by atoms with E-state index in [1.165, 1.54) is 19.0 Å². The van der Waals surface area contributed by atoms with E-state index in [1.54, 1.807) is 10.4 Å². The van der Waals surface area contributed by atoms with Crippen LogP contribution >= 0.6 is 0 Å². The van der Waals surface area contributed by atoms with E-state index in [1.807, 2.05) is 13.1 Å². The molecule has 1 atom stereocenters. The summed E-state index contributed by atoms with van der Waals surface area (Å²) in [5, 5.41) is 0. The van der Waals surface area contributed by atoms with E-state index in [2.05, 4.69) is 21.7 Å². The smallest absolute Gasteiger partial charge is 0.244 e. The minimum Gasteiger partial charge on any atom is -0.356 e. The summed E-state index contributed by atoms with van der Waals surface area (Å²) in [5.41, 5.74) is 0. The predicted molar refractivity (Wildman–Crippen MR) is 91.1 cm³/mol. The second-order valence-corrected chi connectivity index (χ2v) is 8.69. The van der Waals surface area contributed by atoms with Crippen LogP contribution in [0, 0.1) is 5.92 Å². The summed E-state index contributed by atoms with van der Waals surface area (Å²) >= 11 is 0. The molecule has 2 aliphatic rings. The molecular formula is C16H26N4O2S. The van der Waals surface area contributed by atoms with Gasteiger partial charge in [-0.3, -0.25) is 0 Å². The van der Waals surface area contributed by atoms with Crippen LogP contribution in [0.25, 0.3) is 0 Å². The van der Waals surface area contributed by atoms with Crippen molar-refractivity contribution >= 4 is 15.8 Å². The summed E-state index contributed by atoms with van der Waals surface area (Å²) in [7, 11) is -1.40. The summed E-state index contributed by atoms with van der Waals surface area (Å²) in [6.07, 6.45) is 3.94. The topological polar surface area (TPSA) is 56.8 Å². The molecule has 7 heteroatoms. The highest BCUT2D eigenvalue weighted by Crippen LogP contribution is 2.23. The van der Waals surface area contributed by atoms with Crippen molar-refractivity contribution in [2.24, 2.45) is 5.92 Å². The van der Waals surface area contributed by atoms with Gasteiger partial charge in [-0.05, 0) is 37.9 Å². The van der Waals surface area contributed by atoms with E-state index in [-0.39, 0.29) is 0 Å². The lowest BCUT2D eigenvalue weighted by Gasteiger charge is -2.32. The number of piperidine rings is 1. The Labute approximate surface area is 139 Å². The molecule has 3 rings (SSSR count). The lowest BCUT2D eigenvalue weighted by Crippen LogP contribution is -2.47. The Morgan fingerprint density at radius 1 is 1.13 bits per heavy atom. The largest absolute Gasteiger partial charge is 0.356 e. The molecule has 0 radical (unpaired) electrons. The Kier molecular flexibility index (Phi) is 4.89. The number of piperazine rings is 1. The van der Waals surface area contributed by atoms with Gasteiger partial charge in [0.2, 0.25) is 10.0 Å². The lowest BCUT2D eigenvalue weighted by atomic mass is 10.0. The first-order valence-electron chi connectivity index (χ1n) is 8.36. The van der Waals surface area contributed by atoms with Crippen molar-refractivity contribution in [2.45, 2.75) is 24.7 Å². The van der Waals surface area contributed by atoms with Gasteiger partial charge >= 0.3 is 0 Å². The first-order valence-corrected chi connectivity index (χ1v) is 9.80. The number of rotatable bonds is 3. The van der Waals surface area contributed by atoms with Gasteiger partial charge in [0.1, 0.15) is 10.7 Å². The first-order chi connectivity index (χ1) is 11.0. The Balaban J connectivity index is 1.73. The third-order valence-corrected chi connectivity index (χ3v) is 6.68. The van der Waals surface area contributed by atoms with Gasteiger partial charge in [-0.2, -0.15) is 4.31 Å². The summed E-state index contributed by atoms with van der Waals surface area (Å²) in [6.45, 7) is 6.89. The van der Waals surface area contributed by atoms with E-state index < -0.39 is 10.0 Å². The van der Waals surface area contributed by atoms with Crippen LogP contribution in [0.1, 0.15) is 19.8 Å². The van der Waals surface area contributed by atoms with E-state index >= 15 is 0 Å². The van der Waals surface area contributed by atoms with Crippen LogP contribution in [0.5, 0.6) is 0 Å². The highest BCUT2D eigenvalue weighted by Gasteiger charge is 2.28. The zero-order chi connectivity index (χ0) is 16.4. The average molecular weight is 338 g/mol. The molecule has 0 amide bonds. The molecule has 2 saturated heterocycles. The van der Waals surface area contributed by atoms with Crippen LogP contribution in [0.3, 0.4) is 0 Å². The van der Waals surface area contributed by atoms with Gasteiger partial charge < -0.3 is 9.80 Å². The van der Waals surface area contributed by atoms with Crippen LogP contribution in [-0.4, -0.2) is 68.9 Å². The average Bonchev–Trinajstić information content (AvgIpc) is 2.55. The number of hydrogen-bond donors (Lipinski definition) is 0. The summed E-state index contributed by atoms with van der Waals surface area (Å²) < 4.78 is 26.9. The van der Waals surface area contributed by atoms with Crippen LogP contribution in [0.15, 0.2) is 23.2 Å². The third-order valence-electron chi connectivity index (χ3n) is 4.80. The zero-order valence-corrected chi connectivity index (χ0v) is 14.8. The van der Waals surface area contributed by atoms with Crippen LogP contribution in [0.4, 0.5) is 5.82 Å². The molecule has 0 aliphatic carbocycles. The van der Waals surface area contributed by atoms with Crippen molar-refractivity contribution in [2.75, 3.05) is 51.2 Å². The number of anilines is 1. The number of aromatic nitrogens is 1. The molecule has 3 heterocycles. The maximum Gasteiger partial charge on any atom is 0.244 e. The third kappa shape index (κ3) is 3.67. The quantitative estimate of drug-likeness (QED) is 0.830. The molecule has 6 nitrogen and oxygen atoms in total. The monoisotopic (exact) mass is 338 g/mol. The standard InChI is InChI=1S/C16H26N4O2S/c1-14-4-3-7-19(13-14)16-6-5-15(12-17-16)23(21,22)20-10-8-18(2)9-11-20/h5-6,12,14H,3-4,7-11,13H2,1-2H3. The summed E-state index contributed by atoms with van der Waals surface area (Å²) in [6, 6.07) is 3.55. The number of nitrogens with zero attached hydrogens (tertiary/aromatic N) is 4. The van der Waals surface area contributed by atoms with Crippen molar-refractivity contribution in [3.8, 4) is 0 Å². The highest BCUT2D eigenvalue weighted by molar-refractivity contribution is 7.89. The Morgan fingerprint density at radius 3 is 2.48 bits per heavy atom. The van der Waals surface area contributed by atoms with Crippen molar-refractivity contribution < 1.29 is 8.42 Å². The van der Waals surface area contributed by atoms with E-state index in [0.29, 0.717) is 23.9 Å². The number of pyridine rings is 1. The molecule has 0 saturated carbocycles. The predicted octanol–water partition coefficient (Wildman–Crippen LogP) is 1.25. The Hall–Kier alpha value is -1.18. The molecule has 2 fully saturated rings. The Bertz CT molecular complexity index is 624. The van der Waals surface area contributed by atoms with Crippen molar-refractivity contribution in [3.63, 3.8) is 0 Å². The maximum atomic E-state index is 12.7. The van der Waals surface area contributed by atoms with Gasteiger partial charge in [0.25, 0.3) is 0 Å². The Morgan fingerprint density at radius 2 is 1.87 bits per heavy atom. The maximum absolute atomic E-state index is 12.7. The second kappa shape index (κ2) is 6.75. The fourth-order valence-corrected chi connectivity index (χ4v) is 4.66. The minimum absolute atomic E-state index is 0.302. The second-order valence-electron chi connectivity index (χ2n) is 6.75. The fraction of sp³-hybridized carbons (Fsp3) is 0.688. The summed E-state index contributed by atoms with van der Waals surface area (Å²) in [5.74, 6) is 1.55. The molecule has 0 spiro atoms.